The summed E-state index contributed by atoms with van der Waals surface area (Å²) < 4.78 is 11.9. The molecule has 0 heterocycles. The van der Waals surface area contributed by atoms with Gasteiger partial charge in [-0.2, -0.15) is 0 Å². The van der Waals surface area contributed by atoms with Crippen LogP contribution in [0, 0.1) is 12.8 Å². The molecule has 1 aliphatic rings. The minimum atomic E-state index is -0.927. The molecular formula is C12H17NOS. The third kappa shape index (κ3) is 2.89. The minimum Gasteiger partial charge on any atom is -0.327 e. The molecule has 2 nitrogen and oxygen atoms in total. The smallest absolute Gasteiger partial charge is 0.0545 e. The molecule has 0 radical (unpaired) electrons. The molecule has 1 fully saturated rings. The molecule has 2 rings (SSSR count). The largest absolute Gasteiger partial charge is 0.327 e. The maximum Gasteiger partial charge on any atom is 0.0545 e. The van der Waals surface area contributed by atoms with Crippen LogP contribution in [0.4, 0.5) is 0 Å². The Morgan fingerprint density at radius 1 is 1.40 bits per heavy atom. The Bertz CT molecular complexity index is 356. The van der Waals surface area contributed by atoms with Gasteiger partial charge in [-0.1, -0.05) is 17.7 Å². The fourth-order valence-electron chi connectivity index (χ4n) is 1.62. The first kappa shape index (κ1) is 10.8. The molecule has 1 saturated carbocycles. The van der Waals surface area contributed by atoms with Crippen molar-refractivity contribution in [3.63, 3.8) is 0 Å². The lowest BCUT2D eigenvalue weighted by Gasteiger charge is -2.09. The van der Waals surface area contributed by atoms with Gasteiger partial charge in [-0.25, -0.2) is 0 Å². The lowest BCUT2D eigenvalue weighted by atomic mass is 10.2. The van der Waals surface area contributed by atoms with Crippen molar-refractivity contribution < 1.29 is 4.21 Å². The standard InChI is InChI=1S/C12H17NOS/c1-9-2-6-11(7-3-9)15(14)8-12(13)10-4-5-10/h2-3,6-7,10,12H,4-5,8,13H2,1H3. The van der Waals surface area contributed by atoms with Gasteiger partial charge >= 0.3 is 0 Å². The maximum atomic E-state index is 11.9. The molecule has 15 heavy (non-hydrogen) atoms. The van der Waals surface area contributed by atoms with Crippen LogP contribution >= 0.6 is 0 Å². The normalized spacial score (nSPS) is 19.9. The maximum absolute atomic E-state index is 11.9. The average Bonchev–Trinajstić information content (AvgIpc) is 3.01. The highest BCUT2D eigenvalue weighted by Gasteiger charge is 2.29. The van der Waals surface area contributed by atoms with Crippen LogP contribution in [0.3, 0.4) is 0 Å². The Kier molecular flexibility index (Phi) is 3.22. The van der Waals surface area contributed by atoms with Crippen LogP contribution in [0.2, 0.25) is 0 Å². The van der Waals surface area contributed by atoms with E-state index in [2.05, 4.69) is 0 Å². The molecule has 0 saturated heterocycles. The van der Waals surface area contributed by atoms with Crippen LogP contribution in [0.5, 0.6) is 0 Å². The van der Waals surface area contributed by atoms with Crippen LogP contribution in [0.15, 0.2) is 29.2 Å². The third-order valence-corrected chi connectivity index (χ3v) is 4.34. The molecule has 0 spiro atoms. The lowest BCUT2D eigenvalue weighted by molar-refractivity contribution is 0.634. The van der Waals surface area contributed by atoms with Gasteiger partial charge in [0.25, 0.3) is 0 Å². The Labute approximate surface area is 93.3 Å². The second kappa shape index (κ2) is 4.45. The van der Waals surface area contributed by atoms with Crippen molar-refractivity contribution in [3.05, 3.63) is 29.8 Å². The van der Waals surface area contributed by atoms with Crippen molar-refractivity contribution in [2.75, 3.05) is 5.75 Å². The Balaban J connectivity index is 1.97. The van der Waals surface area contributed by atoms with Crippen molar-refractivity contribution in [2.45, 2.75) is 30.7 Å². The number of benzene rings is 1. The molecule has 0 bridgehead atoms. The zero-order valence-corrected chi connectivity index (χ0v) is 9.80. The molecule has 3 heteroatoms. The summed E-state index contributed by atoms with van der Waals surface area (Å²) in [4.78, 5) is 0.900. The van der Waals surface area contributed by atoms with E-state index in [0.29, 0.717) is 11.7 Å². The second-order valence-corrected chi connectivity index (χ2v) is 5.82. The summed E-state index contributed by atoms with van der Waals surface area (Å²) in [6, 6.07) is 7.98. The SMILES string of the molecule is Cc1ccc(S(=O)CC(N)C2CC2)cc1. The first-order valence-corrected chi connectivity index (χ1v) is 6.69. The molecule has 0 aromatic heterocycles. The van der Waals surface area contributed by atoms with Crippen molar-refractivity contribution in [1.29, 1.82) is 0 Å². The highest BCUT2D eigenvalue weighted by Crippen LogP contribution is 2.32. The molecule has 0 aliphatic heterocycles. The summed E-state index contributed by atoms with van der Waals surface area (Å²) in [7, 11) is -0.927. The fraction of sp³-hybridized carbons (Fsp3) is 0.500. The summed E-state index contributed by atoms with van der Waals surface area (Å²) >= 11 is 0. The van der Waals surface area contributed by atoms with Gasteiger partial charge in [0, 0.05) is 16.7 Å². The van der Waals surface area contributed by atoms with Crippen LogP contribution < -0.4 is 5.73 Å². The summed E-state index contributed by atoms with van der Waals surface area (Å²) in [6.07, 6.45) is 2.43. The van der Waals surface area contributed by atoms with Gasteiger partial charge < -0.3 is 5.73 Å². The Hall–Kier alpha value is -0.670. The number of nitrogens with two attached hydrogens (primary N) is 1. The molecule has 2 atom stereocenters. The summed E-state index contributed by atoms with van der Waals surface area (Å²) in [5.41, 5.74) is 7.15. The quantitative estimate of drug-likeness (QED) is 0.846. The fourth-order valence-corrected chi connectivity index (χ4v) is 2.88. The van der Waals surface area contributed by atoms with Gasteiger partial charge in [0.2, 0.25) is 0 Å². The summed E-state index contributed by atoms with van der Waals surface area (Å²) in [5.74, 6) is 1.23. The zero-order chi connectivity index (χ0) is 10.8. The molecule has 0 amide bonds. The van der Waals surface area contributed by atoms with Crippen molar-refractivity contribution >= 4 is 10.8 Å². The number of aryl methyl sites for hydroxylation is 1. The molecule has 82 valence electrons. The van der Waals surface area contributed by atoms with E-state index in [1.807, 2.05) is 31.2 Å². The molecular weight excluding hydrogens is 206 g/mol. The topological polar surface area (TPSA) is 43.1 Å². The lowest BCUT2D eigenvalue weighted by Crippen LogP contribution is -2.29. The van der Waals surface area contributed by atoms with Gasteiger partial charge in [-0.15, -0.1) is 0 Å². The first-order chi connectivity index (χ1) is 7.16. The number of rotatable bonds is 4. The monoisotopic (exact) mass is 223 g/mol. The molecule has 1 aromatic rings. The first-order valence-electron chi connectivity index (χ1n) is 5.37. The highest BCUT2D eigenvalue weighted by molar-refractivity contribution is 7.85. The van der Waals surface area contributed by atoms with Gasteiger partial charge in [-0.3, -0.25) is 4.21 Å². The van der Waals surface area contributed by atoms with E-state index >= 15 is 0 Å². The van der Waals surface area contributed by atoms with E-state index in [9.17, 15) is 4.21 Å². The predicted octanol–water partition coefficient (Wildman–Crippen LogP) is 1.84. The van der Waals surface area contributed by atoms with Crippen LogP contribution in [0.1, 0.15) is 18.4 Å². The predicted molar refractivity (Wildman–Crippen MR) is 63.2 cm³/mol. The van der Waals surface area contributed by atoms with Gasteiger partial charge in [0.05, 0.1) is 10.8 Å². The van der Waals surface area contributed by atoms with E-state index in [1.165, 1.54) is 18.4 Å². The Morgan fingerprint density at radius 2 is 2.00 bits per heavy atom. The molecule has 1 aromatic carbocycles. The van der Waals surface area contributed by atoms with Gasteiger partial charge in [0.15, 0.2) is 0 Å². The van der Waals surface area contributed by atoms with E-state index < -0.39 is 10.8 Å². The van der Waals surface area contributed by atoms with E-state index in [1.54, 1.807) is 0 Å². The molecule has 2 unspecified atom stereocenters. The molecule has 2 N–H and O–H groups in total. The summed E-state index contributed by atoms with van der Waals surface area (Å²) in [5, 5.41) is 0. The minimum absolute atomic E-state index is 0.118. The van der Waals surface area contributed by atoms with Crippen molar-refractivity contribution in [1.82, 2.24) is 0 Å². The van der Waals surface area contributed by atoms with E-state index in [4.69, 9.17) is 5.73 Å². The summed E-state index contributed by atoms with van der Waals surface area (Å²) in [6.45, 7) is 2.03. The van der Waals surface area contributed by atoms with Crippen LogP contribution in [0.25, 0.3) is 0 Å². The average molecular weight is 223 g/mol. The highest BCUT2D eigenvalue weighted by atomic mass is 32.2. The van der Waals surface area contributed by atoms with Crippen LogP contribution in [-0.4, -0.2) is 16.0 Å². The third-order valence-electron chi connectivity index (χ3n) is 2.86. The van der Waals surface area contributed by atoms with Crippen molar-refractivity contribution in [2.24, 2.45) is 11.7 Å². The molecule has 1 aliphatic carbocycles. The zero-order valence-electron chi connectivity index (χ0n) is 8.98. The van der Waals surface area contributed by atoms with Crippen LogP contribution in [-0.2, 0) is 10.8 Å². The second-order valence-electron chi connectivity index (χ2n) is 4.33. The van der Waals surface area contributed by atoms with E-state index in [0.717, 1.165) is 4.90 Å². The number of hydrogen-bond donors (Lipinski definition) is 1. The van der Waals surface area contributed by atoms with Crippen molar-refractivity contribution in [3.8, 4) is 0 Å². The van der Waals surface area contributed by atoms with Gasteiger partial charge in [-0.05, 0) is 37.8 Å². The van der Waals surface area contributed by atoms with Gasteiger partial charge in [0.1, 0.15) is 0 Å². The van der Waals surface area contributed by atoms with E-state index in [-0.39, 0.29) is 6.04 Å². The Morgan fingerprint density at radius 3 is 2.53 bits per heavy atom. The number of hydrogen-bond acceptors (Lipinski definition) is 2.